The lowest BCUT2D eigenvalue weighted by atomic mass is 10.0. The molecular formula is C21H15F3N4O2S. The van der Waals surface area contributed by atoms with E-state index in [1.807, 2.05) is 6.07 Å². The fourth-order valence-electron chi connectivity index (χ4n) is 3.10. The van der Waals surface area contributed by atoms with Crippen molar-refractivity contribution in [1.82, 2.24) is 14.8 Å². The summed E-state index contributed by atoms with van der Waals surface area (Å²) in [6.07, 6.45) is -1.40. The summed E-state index contributed by atoms with van der Waals surface area (Å²) >= 11 is 0. The van der Waals surface area contributed by atoms with Gasteiger partial charge in [-0.1, -0.05) is 18.2 Å². The third-order valence-electron chi connectivity index (χ3n) is 4.58. The minimum atomic E-state index is -4.65. The van der Waals surface area contributed by atoms with Gasteiger partial charge in [0, 0.05) is 18.0 Å². The van der Waals surface area contributed by atoms with Crippen LogP contribution < -0.4 is 5.14 Å². The first-order valence-corrected chi connectivity index (χ1v) is 10.5. The van der Waals surface area contributed by atoms with E-state index in [1.54, 1.807) is 42.7 Å². The molecule has 4 aromatic rings. The summed E-state index contributed by atoms with van der Waals surface area (Å²) in [6.45, 7) is 0. The van der Waals surface area contributed by atoms with Crippen molar-refractivity contribution in [3.05, 3.63) is 84.8 Å². The molecule has 6 nitrogen and oxygen atoms in total. The standard InChI is InChI=1S/C21H15F3N4O2S/c22-21(23,24)20-13-19(16-3-1-2-15(12-16)14-8-10-26-11-9-14)28(27-20)17-4-6-18(7-5-17)31(25,29)30/h1-13H,(H2,25,29,30). The molecule has 0 aliphatic rings. The van der Waals surface area contributed by atoms with Crippen LogP contribution in [0.5, 0.6) is 0 Å². The van der Waals surface area contributed by atoms with Crippen LogP contribution in [-0.4, -0.2) is 23.2 Å². The first-order chi connectivity index (χ1) is 14.6. The Hall–Kier alpha value is -3.50. The van der Waals surface area contributed by atoms with E-state index in [0.29, 0.717) is 5.56 Å². The second kappa shape index (κ2) is 7.64. The SMILES string of the molecule is NS(=O)(=O)c1ccc(-n2nc(C(F)(F)F)cc2-c2cccc(-c3ccncc3)c2)cc1. The first kappa shape index (κ1) is 20.8. The van der Waals surface area contributed by atoms with E-state index in [2.05, 4.69) is 10.1 Å². The van der Waals surface area contributed by atoms with Crippen LogP contribution in [0, 0.1) is 0 Å². The van der Waals surface area contributed by atoms with Crippen LogP contribution in [0.1, 0.15) is 5.69 Å². The fraction of sp³-hybridized carbons (Fsp3) is 0.0476. The molecule has 0 fully saturated rings. The highest BCUT2D eigenvalue weighted by molar-refractivity contribution is 7.89. The maximum absolute atomic E-state index is 13.4. The molecule has 0 amide bonds. The molecule has 10 heteroatoms. The number of rotatable bonds is 4. The lowest BCUT2D eigenvalue weighted by Crippen LogP contribution is -2.12. The predicted molar refractivity (Wildman–Crippen MR) is 109 cm³/mol. The van der Waals surface area contributed by atoms with E-state index in [4.69, 9.17) is 5.14 Å². The molecule has 2 N–H and O–H groups in total. The molecule has 0 radical (unpaired) electrons. The number of sulfonamides is 1. The van der Waals surface area contributed by atoms with Gasteiger partial charge < -0.3 is 0 Å². The van der Waals surface area contributed by atoms with E-state index < -0.39 is 21.9 Å². The molecular weight excluding hydrogens is 429 g/mol. The lowest BCUT2D eigenvalue weighted by molar-refractivity contribution is -0.141. The quantitative estimate of drug-likeness (QED) is 0.509. The number of alkyl halides is 3. The summed E-state index contributed by atoms with van der Waals surface area (Å²) in [7, 11) is -3.93. The van der Waals surface area contributed by atoms with Crippen LogP contribution in [-0.2, 0) is 16.2 Å². The van der Waals surface area contributed by atoms with Crippen LogP contribution in [0.25, 0.3) is 28.1 Å². The van der Waals surface area contributed by atoms with Crippen molar-refractivity contribution in [3.63, 3.8) is 0 Å². The Morgan fingerprint density at radius 2 is 1.48 bits per heavy atom. The number of primary sulfonamides is 1. The summed E-state index contributed by atoms with van der Waals surface area (Å²) in [4.78, 5) is 3.82. The van der Waals surface area contributed by atoms with Crippen molar-refractivity contribution in [3.8, 4) is 28.1 Å². The zero-order valence-electron chi connectivity index (χ0n) is 15.8. The monoisotopic (exact) mass is 444 g/mol. The molecule has 0 saturated heterocycles. The maximum atomic E-state index is 13.4. The molecule has 0 atom stereocenters. The average molecular weight is 444 g/mol. The third-order valence-corrected chi connectivity index (χ3v) is 5.51. The van der Waals surface area contributed by atoms with E-state index in [9.17, 15) is 21.6 Å². The number of halogens is 3. The zero-order chi connectivity index (χ0) is 22.2. The molecule has 0 aliphatic heterocycles. The number of hydrogen-bond acceptors (Lipinski definition) is 4. The van der Waals surface area contributed by atoms with Gasteiger partial charge in [-0.2, -0.15) is 18.3 Å². The van der Waals surface area contributed by atoms with Crippen molar-refractivity contribution in [2.45, 2.75) is 11.1 Å². The number of nitrogens with two attached hydrogens (primary N) is 1. The van der Waals surface area contributed by atoms with Gasteiger partial charge >= 0.3 is 6.18 Å². The summed E-state index contributed by atoms with van der Waals surface area (Å²) in [6, 6.07) is 16.7. The van der Waals surface area contributed by atoms with Gasteiger partial charge in [0.2, 0.25) is 10.0 Å². The molecule has 2 aromatic carbocycles. The Kier molecular flexibility index (Phi) is 5.11. The number of hydrogen-bond donors (Lipinski definition) is 1. The fourth-order valence-corrected chi connectivity index (χ4v) is 3.62. The van der Waals surface area contributed by atoms with E-state index >= 15 is 0 Å². The molecule has 158 valence electrons. The Balaban J connectivity index is 1.86. The number of benzene rings is 2. The van der Waals surface area contributed by atoms with Crippen LogP contribution in [0.4, 0.5) is 13.2 Å². The number of nitrogens with zero attached hydrogens (tertiary/aromatic N) is 3. The Morgan fingerprint density at radius 3 is 2.10 bits per heavy atom. The topological polar surface area (TPSA) is 90.9 Å². The first-order valence-electron chi connectivity index (χ1n) is 8.94. The van der Waals surface area contributed by atoms with Gasteiger partial charge in [-0.15, -0.1) is 0 Å². The maximum Gasteiger partial charge on any atom is 0.435 e. The summed E-state index contributed by atoms with van der Waals surface area (Å²) in [5, 5.41) is 8.82. The molecule has 31 heavy (non-hydrogen) atoms. The zero-order valence-corrected chi connectivity index (χ0v) is 16.6. The summed E-state index contributed by atoms with van der Waals surface area (Å²) in [5.41, 5.74) is 1.56. The minimum absolute atomic E-state index is 0.152. The summed E-state index contributed by atoms with van der Waals surface area (Å²) in [5.74, 6) is 0. The van der Waals surface area contributed by atoms with Gasteiger partial charge in [-0.3, -0.25) is 4.98 Å². The highest BCUT2D eigenvalue weighted by Gasteiger charge is 2.35. The Morgan fingerprint density at radius 1 is 0.839 bits per heavy atom. The molecule has 0 saturated carbocycles. The number of aromatic nitrogens is 3. The molecule has 0 spiro atoms. The van der Waals surface area contributed by atoms with Gasteiger partial charge in [0.05, 0.1) is 16.3 Å². The second-order valence-electron chi connectivity index (χ2n) is 6.68. The van der Waals surface area contributed by atoms with Crippen molar-refractivity contribution < 1.29 is 21.6 Å². The Labute approximate surface area is 175 Å². The molecule has 0 bridgehead atoms. The van der Waals surface area contributed by atoms with E-state index in [1.165, 1.54) is 24.3 Å². The minimum Gasteiger partial charge on any atom is -0.265 e. The third kappa shape index (κ3) is 4.35. The van der Waals surface area contributed by atoms with E-state index in [-0.39, 0.29) is 16.3 Å². The van der Waals surface area contributed by atoms with Crippen molar-refractivity contribution in [1.29, 1.82) is 0 Å². The predicted octanol–water partition coefficient (Wildman–Crippen LogP) is 4.27. The van der Waals surface area contributed by atoms with Crippen LogP contribution in [0.2, 0.25) is 0 Å². The van der Waals surface area contributed by atoms with Crippen LogP contribution >= 0.6 is 0 Å². The molecule has 2 heterocycles. The normalized spacial score (nSPS) is 12.1. The van der Waals surface area contributed by atoms with Crippen LogP contribution in [0.15, 0.2) is 84.0 Å². The highest BCUT2D eigenvalue weighted by Crippen LogP contribution is 2.34. The smallest absolute Gasteiger partial charge is 0.265 e. The highest BCUT2D eigenvalue weighted by atomic mass is 32.2. The van der Waals surface area contributed by atoms with Crippen molar-refractivity contribution in [2.75, 3.05) is 0 Å². The number of pyridine rings is 1. The van der Waals surface area contributed by atoms with Crippen molar-refractivity contribution >= 4 is 10.0 Å². The van der Waals surface area contributed by atoms with Crippen molar-refractivity contribution in [2.24, 2.45) is 5.14 Å². The van der Waals surface area contributed by atoms with Gasteiger partial charge in [-0.05, 0) is 59.7 Å². The molecule has 0 aliphatic carbocycles. The Bertz CT molecular complexity index is 1330. The van der Waals surface area contributed by atoms with Crippen LogP contribution in [0.3, 0.4) is 0 Å². The molecule has 4 rings (SSSR count). The van der Waals surface area contributed by atoms with Gasteiger partial charge in [0.1, 0.15) is 0 Å². The second-order valence-corrected chi connectivity index (χ2v) is 8.24. The lowest BCUT2D eigenvalue weighted by Gasteiger charge is -2.10. The molecule has 0 unspecified atom stereocenters. The summed E-state index contributed by atoms with van der Waals surface area (Å²) < 4.78 is 64.3. The van der Waals surface area contributed by atoms with Gasteiger partial charge in [0.15, 0.2) is 5.69 Å². The van der Waals surface area contributed by atoms with Gasteiger partial charge in [0.25, 0.3) is 0 Å². The average Bonchev–Trinajstić information content (AvgIpc) is 3.20. The van der Waals surface area contributed by atoms with E-state index in [0.717, 1.165) is 21.9 Å². The molecule has 2 aromatic heterocycles. The van der Waals surface area contributed by atoms with Gasteiger partial charge in [-0.25, -0.2) is 18.2 Å². The largest absolute Gasteiger partial charge is 0.435 e.